The van der Waals surface area contributed by atoms with Crippen molar-refractivity contribution in [1.29, 1.82) is 0 Å². The number of hydrogen-bond donors (Lipinski definition) is 1. The van der Waals surface area contributed by atoms with Gasteiger partial charge in [0.1, 0.15) is 0 Å². The van der Waals surface area contributed by atoms with Crippen LogP contribution in [0, 0.1) is 0 Å². The molecule has 0 saturated carbocycles. The topological polar surface area (TPSA) is 15.8 Å². The molecule has 1 aromatic heterocycles. The van der Waals surface area contributed by atoms with Crippen LogP contribution in [0.1, 0.15) is 55.8 Å². The van der Waals surface area contributed by atoms with Gasteiger partial charge in [-0.2, -0.15) is 0 Å². The van der Waals surface area contributed by atoms with Gasteiger partial charge < -0.3 is 4.98 Å². The summed E-state index contributed by atoms with van der Waals surface area (Å²) in [5, 5.41) is 0. The van der Waals surface area contributed by atoms with E-state index in [-0.39, 0.29) is 0 Å². The molecule has 1 aliphatic carbocycles. The number of fused-ring (bicyclic) bond motifs is 1. The van der Waals surface area contributed by atoms with Gasteiger partial charge in [-0.3, -0.25) is 0 Å². The summed E-state index contributed by atoms with van der Waals surface area (Å²) >= 11 is 0. The van der Waals surface area contributed by atoms with Crippen molar-refractivity contribution in [2.45, 2.75) is 51.9 Å². The molecular formula is C12H19N. The normalized spacial score (nSPS) is 18.3. The monoisotopic (exact) mass is 177 g/mol. The van der Waals surface area contributed by atoms with Crippen molar-refractivity contribution in [2.75, 3.05) is 0 Å². The second-order valence-electron chi connectivity index (χ2n) is 4.22. The summed E-state index contributed by atoms with van der Waals surface area (Å²) in [6.07, 6.45) is 8.82. The Labute approximate surface area is 80.6 Å². The molecule has 13 heavy (non-hydrogen) atoms. The molecule has 1 aliphatic rings. The maximum Gasteiger partial charge on any atom is 0.0182 e. The van der Waals surface area contributed by atoms with Crippen molar-refractivity contribution in [3.8, 4) is 0 Å². The highest BCUT2D eigenvalue weighted by Crippen LogP contribution is 2.30. The van der Waals surface area contributed by atoms with Crippen molar-refractivity contribution >= 4 is 0 Å². The molecule has 0 radical (unpaired) electrons. The van der Waals surface area contributed by atoms with Crippen LogP contribution in [0.15, 0.2) is 6.20 Å². The fourth-order valence-corrected chi connectivity index (χ4v) is 2.29. The highest BCUT2D eigenvalue weighted by atomic mass is 14.7. The van der Waals surface area contributed by atoms with Gasteiger partial charge in [-0.15, -0.1) is 0 Å². The molecular weight excluding hydrogens is 158 g/mol. The van der Waals surface area contributed by atoms with E-state index in [1.165, 1.54) is 37.8 Å². The Bertz CT molecular complexity index is 285. The van der Waals surface area contributed by atoms with Crippen LogP contribution in [0.25, 0.3) is 0 Å². The van der Waals surface area contributed by atoms with E-state index in [0.29, 0.717) is 0 Å². The van der Waals surface area contributed by atoms with Crippen molar-refractivity contribution < 1.29 is 0 Å². The van der Waals surface area contributed by atoms with Crippen LogP contribution in [-0.2, 0) is 12.8 Å². The average Bonchev–Trinajstić information content (AvgIpc) is 2.60. The third-order valence-corrected chi connectivity index (χ3v) is 3.36. The quantitative estimate of drug-likeness (QED) is 0.712. The van der Waals surface area contributed by atoms with Crippen LogP contribution >= 0.6 is 0 Å². The summed E-state index contributed by atoms with van der Waals surface area (Å²) in [4.78, 5) is 3.44. The van der Waals surface area contributed by atoms with E-state index >= 15 is 0 Å². The molecule has 2 rings (SSSR count). The first kappa shape index (κ1) is 8.86. The summed E-state index contributed by atoms with van der Waals surface area (Å²) in [6, 6.07) is 0. The predicted molar refractivity (Wildman–Crippen MR) is 56.1 cm³/mol. The van der Waals surface area contributed by atoms with Gasteiger partial charge in [0.25, 0.3) is 0 Å². The van der Waals surface area contributed by atoms with Crippen LogP contribution in [0.2, 0.25) is 0 Å². The highest BCUT2D eigenvalue weighted by molar-refractivity contribution is 5.35. The van der Waals surface area contributed by atoms with Crippen LogP contribution in [0.4, 0.5) is 0 Å². The van der Waals surface area contributed by atoms with E-state index in [1.807, 2.05) is 0 Å². The standard InChI is InChI=1S/C12H19N/c1-3-9(2)11-8-13-12-7-5-4-6-10(11)12/h8-9,13H,3-7H2,1-2H3. The van der Waals surface area contributed by atoms with E-state index in [4.69, 9.17) is 0 Å². The third-order valence-electron chi connectivity index (χ3n) is 3.36. The van der Waals surface area contributed by atoms with Gasteiger partial charge in [0.2, 0.25) is 0 Å². The fourth-order valence-electron chi connectivity index (χ4n) is 2.29. The molecule has 0 fully saturated rings. The fraction of sp³-hybridized carbons (Fsp3) is 0.667. The van der Waals surface area contributed by atoms with E-state index in [9.17, 15) is 0 Å². The zero-order valence-corrected chi connectivity index (χ0v) is 8.69. The third kappa shape index (κ3) is 1.52. The first-order valence-corrected chi connectivity index (χ1v) is 5.52. The molecule has 1 aromatic rings. The van der Waals surface area contributed by atoms with Gasteiger partial charge in [0.05, 0.1) is 0 Å². The molecule has 1 atom stereocenters. The molecule has 1 nitrogen and oxygen atoms in total. The van der Waals surface area contributed by atoms with E-state index in [1.54, 1.807) is 11.1 Å². The number of nitrogens with one attached hydrogen (secondary N) is 1. The Kier molecular flexibility index (Phi) is 2.43. The molecule has 0 spiro atoms. The molecule has 1 unspecified atom stereocenters. The minimum atomic E-state index is 0.734. The molecule has 0 amide bonds. The lowest BCUT2D eigenvalue weighted by molar-refractivity contribution is 0.658. The molecule has 72 valence electrons. The van der Waals surface area contributed by atoms with Crippen molar-refractivity contribution in [3.05, 3.63) is 23.0 Å². The van der Waals surface area contributed by atoms with Gasteiger partial charge in [0.15, 0.2) is 0 Å². The Balaban J connectivity index is 2.31. The van der Waals surface area contributed by atoms with E-state index in [0.717, 1.165) is 5.92 Å². The average molecular weight is 177 g/mol. The second-order valence-corrected chi connectivity index (χ2v) is 4.22. The maximum absolute atomic E-state index is 3.44. The lowest BCUT2D eigenvalue weighted by Crippen LogP contribution is -2.03. The Morgan fingerprint density at radius 1 is 1.38 bits per heavy atom. The van der Waals surface area contributed by atoms with Gasteiger partial charge in [0, 0.05) is 11.9 Å². The summed E-state index contributed by atoms with van der Waals surface area (Å²) in [7, 11) is 0. The summed E-state index contributed by atoms with van der Waals surface area (Å²) in [6.45, 7) is 4.60. The van der Waals surface area contributed by atoms with Gasteiger partial charge in [-0.25, -0.2) is 0 Å². The predicted octanol–water partition coefficient (Wildman–Crippen LogP) is 3.41. The number of hydrogen-bond acceptors (Lipinski definition) is 0. The number of aromatic amines is 1. The SMILES string of the molecule is CCC(C)c1c[nH]c2c1CCCC2. The molecule has 1 N–H and O–H groups in total. The number of aromatic nitrogens is 1. The van der Waals surface area contributed by atoms with Gasteiger partial charge in [-0.05, 0) is 49.1 Å². The molecule has 0 saturated heterocycles. The lowest BCUT2D eigenvalue weighted by atomic mass is 9.89. The molecule has 1 heterocycles. The van der Waals surface area contributed by atoms with Crippen LogP contribution in [-0.4, -0.2) is 4.98 Å². The van der Waals surface area contributed by atoms with Crippen LogP contribution < -0.4 is 0 Å². The minimum Gasteiger partial charge on any atom is -0.364 e. The highest BCUT2D eigenvalue weighted by Gasteiger charge is 2.17. The molecule has 0 bridgehead atoms. The van der Waals surface area contributed by atoms with Crippen molar-refractivity contribution in [1.82, 2.24) is 4.98 Å². The summed E-state index contributed by atoms with van der Waals surface area (Å²) in [5.41, 5.74) is 4.74. The first-order valence-electron chi connectivity index (χ1n) is 5.52. The zero-order valence-electron chi connectivity index (χ0n) is 8.69. The van der Waals surface area contributed by atoms with Crippen LogP contribution in [0.3, 0.4) is 0 Å². The van der Waals surface area contributed by atoms with Gasteiger partial charge >= 0.3 is 0 Å². The largest absolute Gasteiger partial charge is 0.364 e. The van der Waals surface area contributed by atoms with E-state index in [2.05, 4.69) is 25.0 Å². The summed E-state index contributed by atoms with van der Waals surface area (Å²) < 4.78 is 0. The minimum absolute atomic E-state index is 0.734. The summed E-state index contributed by atoms with van der Waals surface area (Å²) in [5.74, 6) is 0.734. The Morgan fingerprint density at radius 3 is 2.92 bits per heavy atom. The maximum atomic E-state index is 3.44. The zero-order chi connectivity index (χ0) is 9.26. The lowest BCUT2D eigenvalue weighted by Gasteiger charge is -2.15. The van der Waals surface area contributed by atoms with Gasteiger partial charge in [-0.1, -0.05) is 13.8 Å². The number of H-pyrrole nitrogens is 1. The second kappa shape index (κ2) is 3.57. The molecule has 0 aromatic carbocycles. The first-order chi connectivity index (χ1) is 6.33. The number of rotatable bonds is 2. The Morgan fingerprint density at radius 2 is 2.15 bits per heavy atom. The Hall–Kier alpha value is -0.720. The molecule has 0 aliphatic heterocycles. The molecule has 1 heteroatoms. The van der Waals surface area contributed by atoms with Crippen molar-refractivity contribution in [2.24, 2.45) is 0 Å². The van der Waals surface area contributed by atoms with E-state index < -0.39 is 0 Å². The number of aryl methyl sites for hydroxylation is 1. The van der Waals surface area contributed by atoms with Crippen LogP contribution in [0.5, 0.6) is 0 Å². The van der Waals surface area contributed by atoms with Crippen molar-refractivity contribution in [3.63, 3.8) is 0 Å². The smallest absolute Gasteiger partial charge is 0.0182 e.